The maximum Gasteiger partial charge on any atom is 0.472 e. The summed E-state index contributed by atoms with van der Waals surface area (Å²) in [6.07, 6.45) is 47.0. The summed E-state index contributed by atoms with van der Waals surface area (Å²) in [5.74, 6) is -0.459. The molecule has 0 aromatic rings. The summed E-state index contributed by atoms with van der Waals surface area (Å²) < 4.78 is 33.0. The van der Waals surface area contributed by atoms with Crippen molar-refractivity contribution < 1.29 is 43.0 Å². The molecule has 314 valence electrons. The highest BCUT2D eigenvalue weighted by Gasteiger charge is 2.26. The number of aliphatic hydroxyl groups excluding tert-OH is 2. The molecule has 0 saturated heterocycles. The number of carbonyl (C=O) groups is 1. The standard InChI is InChI=1S/C44H79O9P/c1-3-5-7-9-11-13-15-17-19-21-22-24-26-28-30-32-34-36-44(47)53-43(41-52-54(48,49)51-39-42(46)38-45)40-50-37-35-33-31-29-27-25-23-20-18-16-14-12-10-8-6-4-2/h11,13,17,19,22,24,28,30,35,37,42-43,45-46H,3-10,12,14-16,18,20-21,23,25-27,29,31-34,36,38-41H2,1-2H3,(H,48,49)/b13-11-,19-17-,24-22-,30-28-,37-35-/t42-,43+/m0/s1. The van der Waals surface area contributed by atoms with Crippen molar-refractivity contribution in [3.05, 3.63) is 60.9 Å². The summed E-state index contributed by atoms with van der Waals surface area (Å²) in [7, 11) is -4.55. The zero-order valence-electron chi connectivity index (χ0n) is 34.2. The minimum Gasteiger partial charge on any atom is -0.498 e. The lowest BCUT2D eigenvalue weighted by Gasteiger charge is -2.20. The van der Waals surface area contributed by atoms with Crippen LogP contribution in [0.4, 0.5) is 0 Å². The predicted molar refractivity (Wildman–Crippen MR) is 223 cm³/mol. The first-order valence-electron chi connectivity index (χ1n) is 21.3. The highest BCUT2D eigenvalue weighted by molar-refractivity contribution is 7.47. The third kappa shape index (κ3) is 39.7. The van der Waals surface area contributed by atoms with Crippen LogP contribution < -0.4 is 0 Å². The van der Waals surface area contributed by atoms with E-state index in [0.717, 1.165) is 38.5 Å². The molecule has 54 heavy (non-hydrogen) atoms. The van der Waals surface area contributed by atoms with E-state index >= 15 is 0 Å². The smallest absolute Gasteiger partial charge is 0.472 e. The van der Waals surface area contributed by atoms with Gasteiger partial charge in [-0.3, -0.25) is 13.8 Å². The molecule has 1 unspecified atom stereocenters. The van der Waals surface area contributed by atoms with E-state index in [9.17, 15) is 19.4 Å². The topological polar surface area (TPSA) is 132 Å². The van der Waals surface area contributed by atoms with Crippen molar-refractivity contribution in [1.82, 2.24) is 0 Å². The molecule has 0 amide bonds. The number of allylic oxidation sites excluding steroid dienone is 9. The maximum absolute atomic E-state index is 12.6. The van der Waals surface area contributed by atoms with Crippen LogP contribution in [-0.4, -0.2) is 59.7 Å². The second-order valence-electron chi connectivity index (χ2n) is 14.1. The van der Waals surface area contributed by atoms with Crippen LogP contribution in [0.3, 0.4) is 0 Å². The molecule has 0 bridgehead atoms. The van der Waals surface area contributed by atoms with Crippen molar-refractivity contribution in [2.24, 2.45) is 0 Å². The van der Waals surface area contributed by atoms with E-state index in [-0.39, 0.29) is 13.0 Å². The van der Waals surface area contributed by atoms with Crippen LogP contribution in [0.2, 0.25) is 0 Å². The number of carbonyl (C=O) groups excluding carboxylic acids is 1. The van der Waals surface area contributed by atoms with Crippen molar-refractivity contribution >= 4 is 13.8 Å². The van der Waals surface area contributed by atoms with Gasteiger partial charge >= 0.3 is 13.8 Å². The average molecular weight is 783 g/mol. The van der Waals surface area contributed by atoms with Gasteiger partial charge in [0.2, 0.25) is 0 Å². The Morgan fingerprint density at radius 1 is 0.574 bits per heavy atom. The summed E-state index contributed by atoms with van der Waals surface area (Å²) in [5, 5.41) is 18.3. The quantitative estimate of drug-likeness (QED) is 0.0183. The molecule has 0 aliphatic carbocycles. The van der Waals surface area contributed by atoms with Gasteiger partial charge in [-0.1, -0.05) is 159 Å². The van der Waals surface area contributed by atoms with E-state index in [1.807, 2.05) is 12.2 Å². The summed E-state index contributed by atoms with van der Waals surface area (Å²) in [4.78, 5) is 22.5. The van der Waals surface area contributed by atoms with Gasteiger partial charge in [-0.05, 0) is 63.9 Å². The fourth-order valence-corrected chi connectivity index (χ4v) is 6.28. The summed E-state index contributed by atoms with van der Waals surface area (Å²) in [6.45, 7) is 2.79. The predicted octanol–water partition coefficient (Wildman–Crippen LogP) is 11.9. The highest BCUT2D eigenvalue weighted by Crippen LogP contribution is 2.43. The normalized spacial score (nSPS) is 14.6. The van der Waals surface area contributed by atoms with Crippen LogP contribution in [0.15, 0.2) is 60.9 Å². The molecule has 0 heterocycles. The van der Waals surface area contributed by atoms with Crippen LogP contribution in [-0.2, 0) is 27.9 Å². The molecule has 0 aliphatic rings. The monoisotopic (exact) mass is 783 g/mol. The highest BCUT2D eigenvalue weighted by atomic mass is 31.2. The molecule has 0 aromatic carbocycles. The zero-order chi connectivity index (χ0) is 39.6. The number of hydrogen-bond donors (Lipinski definition) is 3. The Labute approximate surface area is 330 Å². The summed E-state index contributed by atoms with van der Waals surface area (Å²) >= 11 is 0. The van der Waals surface area contributed by atoms with Crippen LogP contribution in [0.25, 0.3) is 0 Å². The minimum absolute atomic E-state index is 0.0581. The Kier molecular flexibility index (Phi) is 39.2. The minimum atomic E-state index is -4.55. The van der Waals surface area contributed by atoms with Gasteiger partial charge in [0.05, 0.1) is 26.1 Å². The molecule has 0 rings (SSSR count). The Morgan fingerprint density at radius 2 is 1.00 bits per heavy atom. The Bertz CT molecular complexity index is 1020. The number of unbranched alkanes of at least 4 members (excludes halogenated alkanes) is 18. The molecule has 0 aliphatic heterocycles. The van der Waals surface area contributed by atoms with E-state index in [0.29, 0.717) is 6.42 Å². The first kappa shape index (κ1) is 52.0. The SMILES string of the molecule is CCCCC/C=C\C/C=C\C/C=C\C/C=C\CCCC(=O)O[C@H](CO/C=C\CCCCCCCCCCCCCCCC)COP(=O)(O)OC[C@@H](O)CO. The number of phosphoric acid groups is 1. The summed E-state index contributed by atoms with van der Waals surface area (Å²) in [6, 6.07) is 0. The van der Waals surface area contributed by atoms with Gasteiger partial charge in [0.15, 0.2) is 6.10 Å². The molecule has 3 N–H and O–H groups in total. The first-order valence-corrected chi connectivity index (χ1v) is 22.8. The van der Waals surface area contributed by atoms with E-state index < -0.39 is 45.8 Å². The maximum atomic E-state index is 12.6. The number of aliphatic hydroxyl groups is 2. The van der Waals surface area contributed by atoms with Crippen LogP contribution in [0.1, 0.15) is 174 Å². The van der Waals surface area contributed by atoms with E-state index in [2.05, 4.69) is 56.4 Å². The fraction of sp³-hybridized carbons (Fsp3) is 0.750. The van der Waals surface area contributed by atoms with Crippen LogP contribution in [0.5, 0.6) is 0 Å². The lowest BCUT2D eigenvalue weighted by atomic mass is 10.0. The number of esters is 1. The molecule has 0 saturated carbocycles. The Balaban J connectivity index is 4.34. The van der Waals surface area contributed by atoms with Crippen molar-refractivity contribution in [3.63, 3.8) is 0 Å². The van der Waals surface area contributed by atoms with Crippen molar-refractivity contribution in [1.29, 1.82) is 0 Å². The van der Waals surface area contributed by atoms with Gasteiger partial charge in [0.1, 0.15) is 12.7 Å². The van der Waals surface area contributed by atoms with Gasteiger partial charge in [-0.15, -0.1) is 0 Å². The third-order valence-corrected chi connectivity index (χ3v) is 9.72. The van der Waals surface area contributed by atoms with E-state index in [4.69, 9.17) is 23.6 Å². The second-order valence-corrected chi connectivity index (χ2v) is 15.5. The zero-order valence-corrected chi connectivity index (χ0v) is 35.1. The van der Waals surface area contributed by atoms with Gasteiger partial charge in [-0.2, -0.15) is 0 Å². The third-order valence-electron chi connectivity index (χ3n) is 8.77. The number of ether oxygens (including phenoxy) is 2. The number of rotatable bonds is 40. The molecule has 0 radical (unpaired) electrons. The molecular weight excluding hydrogens is 703 g/mol. The van der Waals surface area contributed by atoms with Gasteiger partial charge in [-0.25, -0.2) is 4.57 Å². The van der Waals surface area contributed by atoms with Crippen molar-refractivity contribution in [3.8, 4) is 0 Å². The Morgan fingerprint density at radius 3 is 1.54 bits per heavy atom. The number of phosphoric ester groups is 1. The number of hydrogen-bond acceptors (Lipinski definition) is 8. The van der Waals surface area contributed by atoms with Gasteiger partial charge < -0.3 is 24.6 Å². The van der Waals surface area contributed by atoms with Crippen molar-refractivity contribution in [2.45, 2.75) is 187 Å². The van der Waals surface area contributed by atoms with Crippen molar-refractivity contribution in [2.75, 3.05) is 26.4 Å². The first-order chi connectivity index (χ1) is 26.3. The van der Waals surface area contributed by atoms with Gasteiger partial charge in [0, 0.05) is 6.42 Å². The lowest BCUT2D eigenvalue weighted by Crippen LogP contribution is -2.28. The molecular formula is C44H79O9P. The Hall–Kier alpha value is -2.00. The molecule has 10 heteroatoms. The summed E-state index contributed by atoms with van der Waals surface area (Å²) in [5.41, 5.74) is 0. The largest absolute Gasteiger partial charge is 0.498 e. The fourth-order valence-electron chi connectivity index (χ4n) is 5.49. The molecule has 0 aromatic heterocycles. The van der Waals surface area contributed by atoms with Crippen LogP contribution in [0, 0.1) is 0 Å². The van der Waals surface area contributed by atoms with E-state index in [1.54, 1.807) is 6.26 Å². The molecule has 0 spiro atoms. The van der Waals surface area contributed by atoms with E-state index in [1.165, 1.54) is 109 Å². The van der Waals surface area contributed by atoms with Crippen LogP contribution >= 0.6 is 7.82 Å². The molecule has 3 atom stereocenters. The molecule has 0 fully saturated rings. The molecule has 9 nitrogen and oxygen atoms in total. The van der Waals surface area contributed by atoms with Gasteiger partial charge in [0.25, 0.3) is 0 Å². The average Bonchev–Trinajstić information content (AvgIpc) is 3.16. The lowest BCUT2D eigenvalue weighted by molar-refractivity contribution is -0.153. The second kappa shape index (κ2) is 40.7.